The molecular weight excluding hydrogens is 392 g/mol. The Morgan fingerprint density at radius 1 is 0.967 bits per heavy atom. The smallest absolute Gasteiger partial charge is 0.337 e. The molecule has 1 aliphatic rings. The molecule has 3 aromatic rings. The van der Waals surface area contributed by atoms with Gasteiger partial charge in [0.15, 0.2) is 5.65 Å². The number of anilines is 1. The lowest BCUT2D eigenvalue weighted by molar-refractivity contribution is 0.0598. The van der Waals surface area contributed by atoms with Gasteiger partial charge in [-0.05, 0) is 25.1 Å². The Balaban J connectivity index is 1.92. The predicted octanol–water partition coefficient (Wildman–Crippen LogP) is 1.65. The number of nitrogens with zero attached hydrogens (tertiary/aromatic N) is 4. The number of carbonyl (C=O) groups is 4. The van der Waals surface area contributed by atoms with E-state index < -0.39 is 23.8 Å². The lowest BCUT2D eigenvalue weighted by Crippen LogP contribution is -2.30. The van der Waals surface area contributed by atoms with Crippen molar-refractivity contribution in [1.29, 1.82) is 0 Å². The second-order valence-corrected chi connectivity index (χ2v) is 6.65. The van der Waals surface area contributed by atoms with Crippen molar-refractivity contribution in [2.75, 3.05) is 19.1 Å². The summed E-state index contributed by atoms with van der Waals surface area (Å²) in [5.74, 6) is -2.68. The number of hydrogen-bond acceptors (Lipinski definition) is 8. The predicted molar refractivity (Wildman–Crippen MR) is 104 cm³/mol. The largest absolute Gasteiger partial charge is 0.465 e. The van der Waals surface area contributed by atoms with Crippen molar-refractivity contribution in [2.24, 2.45) is 7.05 Å². The molecule has 152 valence electrons. The molecule has 10 nitrogen and oxygen atoms in total. The van der Waals surface area contributed by atoms with Crippen molar-refractivity contribution in [2.45, 2.75) is 6.92 Å². The fourth-order valence-corrected chi connectivity index (χ4v) is 3.57. The van der Waals surface area contributed by atoms with E-state index in [-0.39, 0.29) is 27.9 Å². The molecule has 0 fully saturated rings. The molecule has 0 atom stereocenters. The number of amides is 2. The molecule has 0 aliphatic carbocycles. The van der Waals surface area contributed by atoms with Crippen molar-refractivity contribution in [3.05, 3.63) is 52.3 Å². The number of carbonyl (C=O) groups excluding carboxylic acids is 4. The van der Waals surface area contributed by atoms with Crippen LogP contribution in [0, 0.1) is 6.92 Å². The average molecular weight is 408 g/mol. The number of rotatable bonds is 3. The zero-order valence-corrected chi connectivity index (χ0v) is 16.5. The zero-order chi connectivity index (χ0) is 21.7. The van der Waals surface area contributed by atoms with Crippen LogP contribution in [0.4, 0.5) is 5.69 Å². The van der Waals surface area contributed by atoms with Crippen molar-refractivity contribution in [3.8, 4) is 0 Å². The quantitative estimate of drug-likeness (QED) is 0.474. The van der Waals surface area contributed by atoms with E-state index in [1.165, 1.54) is 43.3 Å². The number of aryl methyl sites for hydroxylation is 2. The van der Waals surface area contributed by atoms with Gasteiger partial charge in [-0.1, -0.05) is 0 Å². The molecule has 0 saturated carbocycles. The SMILES string of the molecule is COC(=O)c1cc(C(=O)OC)cc(N2C(=O)c3cnc4c(c(C)nn4C)c3C2=O)c1. The molecule has 0 saturated heterocycles. The van der Waals surface area contributed by atoms with Gasteiger partial charge < -0.3 is 9.47 Å². The summed E-state index contributed by atoms with van der Waals surface area (Å²) < 4.78 is 11.0. The number of imide groups is 1. The Hall–Kier alpha value is -4.08. The van der Waals surface area contributed by atoms with Gasteiger partial charge in [-0.25, -0.2) is 19.5 Å². The third-order valence-electron chi connectivity index (χ3n) is 4.90. The first-order valence-corrected chi connectivity index (χ1v) is 8.81. The van der Waals surface area contributed by atoms with Crippen LogP contribution in [0.3, 0.4) is 0 Å². The average Bonchev–Trinajstić information content (AvgIpc) is 3.18. The second-order valence-electron chi connectivity index (χ2n) is 6.65. The van der Waals surface area contributed by atoms with E-state index in [1.807, 2.05) is 0 Å². The summed E-state index contributed by atoms with van der Waals surface area (Å²) >= 11 is 0. The molecule has 0 radical (unpaired) electrons. The molecule has 1 aromatic carbocycles. The maximum absolute atomic E-state index is 13.3. The highest BCUT2D eigenvalue weighted by Gasteiger charge is 2.40. The van der Waals surface area contributed by atoms with Crippen LogP contribution in [0.1, 0.15) is 47.1 Å². The number of hydrogen-bond donors (Lipinski definition) is 0. The summed E-state index contributed by atoms with van der Waals surface area (Å²) in [6.07, 6.45) is 1.32. The molecule has 4 rings (SSSR count). The van der Waals surface area contributed by atoms with Gasteiger partial charge in [0.1, 0.15) is 0 Å². The fourth-order valence-electron chi connectivity index (χ4n) is 3.57. The fraction of sp³-hybridized carbons (Fsp3) is 0.200. The monoisotopic (exact) mass is 408 g/mol. The highest BCUT2D eigenvalue weighted by molar-refractivity contribution is 6.37. The Morgan fingerprint density at radius 2 is 1.57 bits per heavy atom. The summed E-state index contributed by atoms with van der Waals surface area (Å²) in [6, 6.07) is 3.88. The molecule has 2 aromatic heterocycles. The number of methoxy groups -OCH3 is 2. The molecule has 30 heavy (non-hydrogen) atoms. The van der Waals surface area contributed by atoms with Gasteiger partial charge in [0.2, 0.25) is 0 Å². The molecular formula is C20H16N4O6. The van der Waals surface area contributed by atoms with Crippen molar-refractivity contribution in [3.63, 3.8) is 0 Å². The number of aromatic nitrogens is 3. The lowest BCUT2D eigenvalue weighted by Gasteiger charge is -2.16. The van der Waals surface area contributed by atoms with E-state index in [4.69, 9.17) is 9.47 Å². The topological polar surface area (TPSA) is 121 Å². The first kappa shape index (κ1) is 19.2. The van der Waals surface area contributed by atoms with E-state index in [0.717, 1.165) is 4.90 Å². The van der Waals surface area contributed by atoms with Crippen LogP contribution in [0.5, 0.6) is 0 Å². The lowest BCUT2D eigenvalue weighted by atomic mass is 10.1. The maximum atomic E-state index is 13.3. The molecule has 0 N–H and O–H groups in total. The molecule has 1 aliphatic heterocycles. The number of esters is 2. The normalized spacial score (nSPS) is 13.0. The molecule has 3 heterocycles. The Bertz CT molecular complexity index is 1240. The van der Waals surface area contributed by atoms with Gasteiger partial charge in [0, 0.05) is 13.2 Å². The minimum absolute atomic E-state index is 0.00668. The van der Waals surface area contributed by atoms with Gasteiger partial charge >= 0.3 is 11.9 Å². The minimum Gasteiger partial charge on any atom is -0.465 e. The van der Waals surface area contributed by atoms with Gasteiger partial charge in [-0.3, -0.25) is 14.3 Å². The van der Waals surface area contributed by atoms with E-state index >= 15 is 0 Å². The molecule has 0 unspecified atom stereocenters. The Labute approximate surface area is 170 Å². The van der Waals surface area contributed by atoms with Gasteiger partial charge in [0.25, 0.3) is 11.8 Å². The van der Waals surface area contributed by atoms with Crippen LogP contribution in [0.25, 0.3) is 11.0 Å². The first-order valence-electron chi connectivity index (χ1n) is 8.81. The van der Waals surface area contributed by atoms with Crippen molar-refractivity contribution in [1.82, 2.24) is 14.8 Å². The van der Waals surface area contributed by atoms with Crippen LogP contribution in [0.15, 0.2) is 24.4 Å². The first-order chi connectivity index (χ1) is 14.3. The molecule has 0 spiro atoms. The van der Waals surface area contributed by atoms with Crippen LogP contribution < -0.4 is 4.90 Å². The maximum Gasteiger partial charge on any atom is 0.337 e. The summed E-state index contributed by atoms with van der Waals surface area (Å²) in [5, 5.41) is 4.75. The van der Waals surface area contributed by atoms with Crippen LogP contribution >= 0.6 is 0 Å². The summed E-state index contributed by atoms with van der Waals surface area (Å²) in [6.45, 7) is 1.72. The number of ether oxygens (including phenoxy) is 2. The van der Waals surface area contributed by atoms with Gasteiger partial charge in [-0.2, -0.15) is 5.10 Å². The number of pyridine rings is 1. The third-order valence-corrected chi connectivity index (χ3v) is 4.90. The standard InChI is InChI=1S/C20H16N4O6/c1-9-14-15-13(8-21-16(14)23(2)22-9)17(25)24(18(15)26)12-6-10(19(27)29-3)5-11(7-12)20(28)30-4/h5-8H,1-4H3. The van der Waals surface area contributed by atoms with E-state index in [1.54, 1.807) is 14.0 Å². The number of benzene rings is 1. The summed E-state index contributed by atoms with van der Waals surface area (Å²) in [4.78, 5) is 55.7. The second kappa shape index (κ2) is 6.76. The highest BCUT2D eigenvalue weighted by atomic mass is 16.5. The van der Waals surface area contributed by atoms with Crippen molar-refractivity contribution < 1.29 is 28.7 Å². The molecule has 0 bridgehead atoms. The van der Waals surface area contributed by atoms with Crippen molar-refractivity contribution >= 4 is 40.5 Å². The molecule has 10 heteroatoms. The van der Waals surface area contributed by atoms with Crippen LogP contribution in [-0.2, 0) is 16.5 Å². The van der Waals surface area contributed by atoms with E-state index in [9.17, 15) is 19.2 Å². The van der Waals surface area contributed by atoms with E-state index in [0.29, 0.717) is 16.7 Å². The summed E-state index contributed by atoms with van der Waals surface area (Å²) in [7, 11) is 4.06. The molecule has 2 amide bonds. The Kier molecular flexibility index (Phi) is 4.34. The summed E-state index contributed by atoms with van der Waals surface area (Å²) in [5.41, 5.74) is 1.34. The van der Waals surface area contributed by atoms with E-state index in [2.05, 4.69) is 10.1 Å². The van der Waals surface area contributed by atoms with Gasteiger partial charge in [0.05, 0.1) is 53.2 Å². The Morgan fingerprint density at radius 3 is 2.13 bits per heavy atom. The van der Waals surface area contributed by atoms with Gasteiger partial charge in [-0.15, -0.1) is 0 Å². The number of fused-ring (bicyclic) bond motifs is 3. The zero-order valence-electron chi connectivity index (χ0n) is 16.5. The minimum atomic E-state index is -0.731. The highest BCUT2D eigenvalue weighted by Crippen LogP contribution is 2.34. The van der Waals surface area contributed by atoms with Crippen LogP contribution in [-0.4, -0.2) is 52.7 Å². The van der Waals surface area contributed by atoms with Crippen LogP contribution in [0.2, 0.25) is 0 Å². The third kappa shape index (κ3) is 2.65.